The maximum Gasteiger partial charge on any atom is 0.358 e. The van der Waals surface area contributed by atoms with Gasteiger partial charge in [-0.25, -0.2) is 22.9 Å². The minimum atomic E-state index is -3.74. The third-order valence-electron chi connectivity index (χ3n) is 2.74. The average molecular weight is 306 g/mol. The molecular weight excluding hydrogens is 292 g/mol. The number of nitrogens with zero attached hydrogens (tertiary/aromatic N) is 1. The molecule has 1 aliphatic heterocycles. The predicted molar refractivity (Wildman–Crippen MR) is 67.6 cm³/mol. The highest BCUT2D eigenvalue weighted by Crippen LogP contribution is 2.21. The molecule has 1 aromatic rings. The van der Waals surface area contributed by atoms with Gasteiger partial charge in [0.25, 0.3) is 10.0 Å². The Morgan fingerprint density at radius 3 is 3.11 bits per heavy atom. The Labute approximate surface area is 115 Å². The first-order valence-electron chi connectivity index (χ1n) is 5.64. The third-order valence-corrected chi connectivity index (χ3v) is 5.54. The number of hydrogen-bond donors (Lipinski definition) is 1. The summed E-state index contributed by atoms with van der Waals surface area (Å²) >= 11 is 0.889. The number of ether oxygens (including phenoxy) is 2. The number of methoxy groups -OCH3 is 1. The fourth-order valence-electron chi connectivity index (χ4n) is 1.70. The monoisotopic (exact) mass is 306 g/mol. The van der Waals surface area contributed by atoms with E-state index >= 15 is 0 Å². The normalized spacial score (nSPS) is 19.5. The zero-order chi connectivity index (χ0) is 13.9. The average Bonchev–Trinajstić information content (AvgIpc) is 3.06. The molecule has 0 spiro atoms. The summed E-state index contributed by atoms with van der Waals surface area (Å²) in [5.41, 5.74) is 1.13. The number of sulfonamides is 1. The van der Waals surface area contributed by atoms with E-state index in [2.05, 4.69) is 14.4 Å². The first-order chi connectivity index (χ1) is 9.04. The molecule has 0 aromatic carbocycles. The molecule has 2 heterocycles. The van der Waals surface area contributed by atoms with E-state index in [1.807, 2.05) is 0 Å². The highest BCUT2D eigenvalue weighted by molar-refractivity contribution is 7.91. The maximum atomic E-state index is 12.1. The van der Waals surface area contributed by atoms with Crippen LogP contribution in [0.25, 0.3) is 0 Å². The fourth-order valence-corrected chi connectivity index (χ4v) is 3.99. The van der Waals surface area contributed by atoms with Crippen molar-refractivity contribution in [1.29, 1.82) is 0 Å². The minimum Gasteiger partial charge on any atom is -0.464 e. The summed E-state index contributed by atoms with van der Waals surface area (Å²) in [7, 11) is -2.56. The second kappa shape index (κ2) is 5.95. The van der Waals surface area contributed by atoms with Gasteiger partial charge in [-0.05, 0) is 12.3 Å². The van der Waals surface area contributed by atoms with Crippen molar-refractivity contribution in [2.24, 2.45) is 5.92 Å². The third kappa shape index (κ3) is 3.30. The number of carbonyl (C=O) groups is 1. The summed E-state index contributed by atoms with van der Waals surface area (Å²) in [6, 6.07) is 0. The molecule has 1 unspecified atom stereocenters. The van der Waals surface area contributed by atoms with E-state index in [0.717, 1.165) is 17.8 Å². The molecular formula is C10H14N2O5S2. The van der Waals surface area contributed by atoms with Gasteiger partial charge in [0, 0.05) is 13.2 Å². The van der Waals surface area contributed by atoms with E-state index in [0.29, 0.717) is 19.8 Å². The Kier molecular flexibility index (Phi) is 4.50. The molecule has 0 bridgehead atoms. The lowest BCUT2D eigenvalue weighted by Crippen LogP contribution is -2.30. The summed E-state index contributed by atoms with van der Waals surface area (Å²) in [5.74, 6) is -0.588. The Balaban J connectivity index is 2.10. The van der Waals surface area contributed by atoms with Crippen LogP contribution in [0.3, 0.4) is 0 Å². The molecule has 1 atom stereocenters. The van der Waals surface area contributed by atoms with Crippen LogP contribution >= 0.6 is 11.3 Å². The van der Waals surface area contributed by atoms with Gasteiger partial charge in [0.2, 0.25) is 0 Å². The van der Waals surface area contributed by atoms with Crippen LogP contribution in [0.1, 0.15) is 16.9 Å². The van der Waals surface area contributed by atoms with Crippen LogP contribution in [0.15, 0.2) is 9.72 Å². The van der Waals surface area contributed by atoms with Crippen LogP contribution in [0.2, 0.25) is 0 Å². The SMILES string of the molecule is COC(=O)c1ncsc1S(=O)(=O)NCC1CCOC1. The fraction of sp³-hybridized carbons (Fsp3) is 0.600. The lowest BCUT2D eigenvalue weighted by Gasteiger charge is -2.09. The van der Waals surface area contributed by atoms with Gasteiger partial charge in [-0.15, -0.1) is 11.3 Å². The molecule has 0 radical (unpaired) electrons. The van der Waals surface area contributed by atoms with Gasteiger partial charge in [-0.3, -0.25) is 0 Å². The first-order valence-corrected chi connectivity index (χ1v) is 8.00. The molecule has 1 aliphatic rings. The minimum absolute atomic E-state index is 0.113. The van der Waals surface area contributed by atoms with E-state index < -0.39 is 16.0 Å². The molecule has 1 saturated heterocycles. The number of hydrogen-bond acceptors (Lipinski definition) is 7. The lowest BCUT2D eigenvalue weighted by atomic mass is 10.1. The molecule has 9 heteroatoms. The summed E-state index contributed by atoms with van der Waals surface area (Å²) in [4.78, 5) is 15.1. The molecule has 0 aliphatic carbocycles. The Hall–Kier alpha value is -1.03. The Morgan fingerprint density at radius 2 is 2.47 bits per heavy atom. The van der Waals surface area contributed by atoms with Crippen LogP contribution in [-0.4, -0.2) is 46.2 Å². The predicted octanol–water partition coefficient (Wildman–Crippen LogP) is 0.245. The van der Waals surface area contributed by atoms with Crippen molar-refractivity contribution in [3.63, 3.8) is 0 Å². The van der Waals surface area contributed by atoms with E-state index in [4.69, 9.17) is 4.74 Å². The molecule has 106 valence electrons. The Morgan fingerprint density at radius 1 is 1.68 bits per heavy atom. The summed E-state index contributed by atoms with van der Waals surface area (Å²) in [5, 5.41) is 0. The summed E-state index contributed by atoms with van der Waals surface area (Å²) in [6.45, 7) is 1.50. The van der Waals surface area contributed by atoms with E-state index in [1.54, 1.807) is 0 Å². The molecule has 19 heavy (non-hydrogen) atoms. The van der Waals surface area contributed by atoms with Crippen molar-refractivity contribution in [3.8, 4) is 0 Å². The van der Waals surface area contributed by atoms with E-state index in [-0.39, 0.29) is 15.8 Å². The summed E-state index contributed by atoms with van der Waals surface area (Å²) in [6.07, 6.45) is 0.828. The number of thiazole rings is 1. The van der Waals surface area contributed by atoms with Crippen molar-refractivity contribution in [1.82, 2.24) is 9.71 Å². The molecule has 0 amide bonds. The number of nitrogens with one attached hydrogen (secondary N) is 1. The van der Waals surface area contributed by atoms with Crippen LogP contribution < -0.4 is 4.72 Å². The zero-order valence-electron chi connectivity index (χ0n) is 10.3. The molecule has 7 nitrogen and oxygen atoms in total. The largest absolute Gasteiger partial charge is 0.464 e. The first kappa shape index (κ1) is 14.4. The van der Waals surface area contributed by atoms with Gasteiger partial charge < -0.3 is 9.47 Å². The standard InChI is InChI=1S/C10H14N2O5S2/c1-16-9(13)8-10(18-6-11-8)19(14,15)12-4-7-2-3-17-5-7/h6-7,12H,2-5H2,1H3. The molecule has 1 N–H and O–H groups in total. The number of esters is 1. The second-order valence-electron chi connectivity index (χ2n) is 4.06. The topological polar surface area (TPSA) is 94.6 Å². The number of rotatable bonds is 5. The molecule has 2 rings (SSSR count). The van der Waals surface area contributed by atoms with Gasteiger partial charge in [-0.2, -0.15) is 0 Å². The van der Waals surface area contributed by atoms with Gasteiger partial charge in [0.1, 0.15) is 0 Å². The lowest BCUT2D eigenvalue weighted by molar-refractivity contribution is 0.0590. The maximum absolute atomic E-state index is 12.1. The van der Waals surface area contributed by atoms with E-state index in [9.17, 15) is 13.2 Å². The Bertz CT molecular complexity index is 548. The molecule has 1 fully saturated rings. The second-order valence-corrected chi connectivity index (χ2v) is 6.88. The van der Waals surface area contributed by atoms with Gasteiger partial charge in [-0.1, -0.05) is 0 Å². The molecule has 1 aromatic heterocycles. The van der Waals surface area contributed by atoms with Crippen LogP contribution in [0.4, 0.5) is 0 Å². The van der Waals surface area contributed by atoms with Gasteiger partial charge in [0.05, 0.1) is 19.2 Å². The van der Waals surface area contributed by atoms with Gasteiger partial charge >= 0.3 is 5.97 Å². The van der Waals surface area contributed by atoms with Crippen LogP contribution in [-0.2, 0) is 19.5 Å². The van der Waals surface area contributed by atoms with Crippen LogP contribution in [0, 0.1) is 5.92 Å². The van der Waals surface area contributed by atoms with Crippen molar-refractivity contribution in [3.05, 3.63) is 11.2 Å². The molecule has 0 saturated carbocycles. The van der Waals surface area contributed by atoms with Crippen molar-refractivity contribution >= 4 is 27.3 Å². The van der Waals surface area contributed by atoms with Crippen molar-refractivity contribution < 1.29 is 22.7 Å². The van der Waals surface area contributed by atoms with Crippen molar-refractivity contribution in [2.75, 3.05) is 26.9 Å². The number of aromatic nitrogens is 1. The smallest absolute Gasteiger partial charge is 0.358 e. The van der Waals surface area contributed by atoms with E-state index in [1.165, 1.54) is 12.6 Å². The van der Waals surface area contributed by atoms with Crippen molar-refractivity contribution in [2.45, 2.75) is 10.6 Å². The summed E-state index contributed by atoms with van der Waals surface area (Å²) < 4.78 is 36.2. The highest BCUT2D eigenvalue weighted by atomic mass is 32.2. The van der Waals surface area contributed by atoms with Crippen LogP contribution in [0.5, 0.6) is 0 Å². The quantitative estimate of drug-likeness (QED) is 0.783. The zero-order valence-corrected chi connectivity index (χ0v) is 11.9. The number of carbonyl (C=O) groups excluding carboxylic acids is 1. The van der Waals surface area contributed by atoms with Gasteiger partial charge in [0.15, 0.2) is 9.90 Å². The highest BCUT2D eigenvalue weighted by Gasteiger charge is 2.27.